The number of hydrogen-bond donors (Lipinski definition) is 1. The van der Waals surface area contributed by atoms with Gasteiger partial charge in [-0.3, -0.25) is 9.59 Å². The fourth-order valence-corrected chi connectivity index (χ4v) is 2.94. The van der Waals surface area contributed by atoms with Gasteiger partial charge in [-0.25, -0.2) is 5.43 Å². The van der Waals surface area contributed by atoms with E-state index in [0.717, 1.165) is 22.6 Å². The molecule has 2 aromatic carbocycles. The third kappa shape index (κ3) is 4.73. The summed E-state index contributed by atoms with van der Waals surface area (Å²) in [6.45, 7) is 4.91. The summed E-state index contributed by atoms with van der Waals surface area (Å²) in [5.74, 6) is 0.0882. The molecule has 1 fully saturated rings. The molecular weight excluding hydrogens is 342 g/mol. The predicted molar refractivity (Wildman–Crippen MR) is 105 cm³/mol. The average molecular weight is 365 g/mol. The number of nitrogens with one attached hydrogen (secondary N) is 1. The zero-order valence-corrected chi connectivity index (χ0v) is 15.5. The predicted octanol–water partition coefficient (Wildman–Crippen LogP) is 2.90. The third-order valence-electron chi connectivity index (χ3n) is 4.42. The lowest BCUT2D eigenvalue weighted by Crippen LogP contribution is -2.30. The van der Waals surface area contributed by atoms with E-state index in [0.29, 0.717) is 13.2 Å². The highest BCUT2D eigenvalue weighted by atomic mass is 16.5. The number of hydrazone groups is 1. The minimum absolute atomic E-state index is 0.0468. The molecule has 1 aliphatic rings. The first-order valence-corrected chi connectivity index (χ1v) is 8.99. The van der Waals surface area contributed by atoms with E-state index in [1.165, 1.54) is 0 Å². The number of rotatable bonds is 6. The lowest BCUT2D eigenvalue weighted by atomic mass is 10.1. The number of carbonyl (C=O) groups excluding carboxylic acids is 2. The molecule has 0 aromatic heterocycles. The largest absolute Gasteiger partial charge is 0.494 e. The van der Waals surface area contributed by atoms with E-state index >= 15 is 0 Å². The fourth-order valence-electron chi connectivity index (χ4n) is 2.94. The van der Waals surface area contributed by atoms with E-state index in [1.807, 2.05) is 62.4 Å². The topological polar surface area (TPSA) is 71.0 Å². The Labute approximate surface area is 158 Å². The summed E-state index contributed by atoms with van der Waals surface area (Å²) in [6, 6.07) is 15.1. The van der Waals surface area contributed by atoms with Crippen LogP contribution in [0.2, 0.25) is 0 Å². The number of carbonyl (C=O) groups is 2. The van der Waals surface area contributed by atoms with Crippen LogP contribution in [0.1, 0.15) is 24.5 Å². The van der Waals surface area contributed by atoms with Crippen LogP contribution in [0.3, 0.4) is 0 Å². The fraction of sp³-hybridized carbons (Fsp3) is 0.286. The minimum atomic E-state index is -0.406. The summed E-state index contributed by atoms with van der Waals surface area (Å²) in [4.78, 5) is 26.2. The van der Waals surface area contributed by atoms with Crippen LogP contribution in [0.4, 0.5) is 5.69 Å². The summed E-state index contributed by atoms with van der Waals surface area (Å²) in [5.41, 5.74) is 5.33. The molecule has 0 radical (unpaired) electrons. The van der Waals surface area contributed by atoms with E-state index < -0.39 is 5.92 Å². The van der Waals surface area contributed by atoms with Crippen molar-refractivity contribution in [3.8, 4) is 5.75 Å². The summed E-state index contributed by atoms with van der Waals surface area (Å²) in [6.07, 6.45) is 1.76. The number of amides is 2. The second-order valence-corrected chi connectivity index (χ2v) is 6.48. The van der Waals surface area contributed by atoms with Gasteiger partial charge < -0.3 is 9.64 Å². The van der Waals surface area contributed by atoms with Gasteiger partial charge >= 0.3 is 0 Å². The molecule has 27 heavy (non-hydrogen) atoms. The second kappa shape index (κ2) is 8.49. The summed E-state index contributed by atoms with van der Waals surface area (Å²) in [7, 11) is 0. The first kappa shape index (κ1) is 18.6. The molecule has 3 rings (SSSR count). The zero-order chi connectivity index (χ0) is 19.2. The van der Waals surface area contributed by atoms with Crippen molar-refractivity contribution in [2.45, 2.75) is 20.3 Å². The van der Waals surface area contributed by atoms with Gasteiger partial charge in [-0.2, -0.15) is 5.10 Å². The van der Waals surface area contributed by atoms with Crippen LogP contribution >= 0.6 is 0 Å². The molecule has 1 heterocycles. The van der Waals surface area contributed by atoms with E-state index in [1.54, 1.807) is 11.1 Å². The van der Waals surface area contributed by atoms with Crippen molar-refractivity contribution < 1.29 is 14.3 Å². The molecule has 6 nitrogen and oxygen atoms in total. The summed E-state index contributed by atoms with van der Waals surface area (Å²) < 4.78 is 5.38. The van der Waals surface area contributed by atoms with Crippen molar-refractivity contribution >= 4 is 23.7 Å². The standard InChI is InChI=1S/C21H23N3O3/c1-3-27-19-10-6-16(7-11-19)13-22-23-21(26)17-12-20(25)24(14-17)18-8-4-15(2)5-9-18/h4-11,13,17H,3,12,14H2,1-2H3,(H,23,26)/b22-13-. The quantitative estimate of drug-likeness (QED) is 0.632. The van der Waals surface area contributed by atoms with Gasteiger partial charge in [0.15, 0.2) is 0 Å². The summed E-state index contributed by atoms with van der Waals surface area (Å²) >= 11 is 0. The molecule has 0 aliphatic carbocycles. The SMILES string of the molecule is CCOc1ccc(/C=N\NC(=O)C2CC(=O)N(c3ccc(C)cc3)C2)cc1. The Hall–Kier alpha value is -3.15. The van der Waals surface area contributed by atoms with E-state index in [9.17, 15) is 9.59 Å². The van der Waals surface area contributed by atoms with Crippen molar-refractivity contribution in [2.75, 3.05) is 18.1 Å². The number of hydrogen-bond acceptors (Lipinski definition) is 4. The molecule has 6 heteroatoms. The molecule has 0 spiro atoms. The first-order chi connectivity index (χ1) is 13.1. The summed E-state index contributed by atoms with van der Waals surface area (Å²) in [5, 5.41) is 4.00. The maximum absolute atomic E-state index is 12.3. The minimum Gasteiger partial charge on any atom is -0.494 e. The maximum Gasteiger partial charge on any atom is 0.245 e. The number of ether oxygens (including phenoxy) is 1. The molecule has 1 atom stereocenters. The van der Waals surface area contributed by atoms with Crippen molar-refractivity contribution in [1.29, 1.82) is 0 Å². The van der Waals surface area contributed by atoms with Gasteiger partial charge in [-0.05, 0) is 55.8 Å². The molecule has 0 saturated carbocycles. The van der Waals surface area contributed by atoms with Gasteiger partial charge in [0.2, 0.25) is 11.8 Å². The number of aryl methyl sites for hydroxylation is 1. The molecule has 1 aliphatic heterocycles. The van der Waals surface area contributed by atoms with Crippen LogP contribution in [-0.4, -0.2) is 31.2 Å². The highest BCUT2D eigenvalue weighted by Gasteiger charge is 2.35. The molecule has 2 amide bonds. The molecule has 1 unspecified atom stereocenters. The van der Waals surface area contributed by atoms with Crippen LogP contribution in [0.15, 0.2) is 53.6 Å². The Bertz CT molecular complexity index is 829. The van der Waals surface area contributed by atoms with E-state index in [2.05, 4.69) is 10.5 Å². The molecule has 1 saturated heterocycles. The Kier molecular flexibility index (Phi) is 5.86. The van der Waals surface area contributed by atoms with Gasteiger partial charge in [-0.1, -0.05) is 17.7 Å². The smallest absolute Gasteiger partial charge is 0.245 e. The molecule has 0 bridgehead atoms. The van der Waals surface area contributed by atoms with Gasteiger partial charge in [0, 0.05) is 18.7 Å². The number of benzene rings is 2. The van der Waals surface area contributed by atoms with Crippen molar-refractivity contribution in [1.82, 2.24) is 5.43 Å². The van der Waals surface area contributed by atoms with Gasteiger partial charge in [0.1, 0.15) is 5.75 Å². The highest BCUT2D eigenvalue weighted by molar-refractivity contribution is 6.00. The third-order valence-corrected chi connectivity index (χ3v) is 4.42. The Morgan fingerprint density at radius 3 is 2.59 bits per heavy atom. The lowest BCUT2D eigenvalue weighted by Gasteiger charge is -2.16. The van der Waals surface area contributed by atoms with Gasteiger partial charge in [-0.15, -0.1) is 0 Å². The van der Waals surface area contributed by atoms with Crippen LogP contribution in [0.25, 0.3) is 0 Å². The lowest BCUT2D eigenvalue weighted by molar-refractivity contribution is -0.126. The van der Waals surface area contributed by atoms with Crippen LogP contribution in [0, 0.1) is 12.8 Å². The monoisotopic (exact) mass is 365 g/mol. The Morgan fingerprint density at radius 2 is 1.93 bits per heavy atom. The zero-order valence-electron chi connectivity index (χ0n) is 15.5. The first-order valence-electron chi connectivity index (χ1n) is 8.99. The van der Waals surface area contributed by atoms with E-state index in [4.69, 9.17) is 4.74 Å². The maximum atomic E-state index is 12.3. The van der Waals surface area contributed by atoms with Crippen molar-refractivity contribution in [2.24, 2.45) is 11.0 Å². The number of nitrogens with zero attached hydrogens (tertiary/aromatic N) is 2. The van der Waals surface area contributed by atoms with Gasteiger partial charge in [0.05, 0.1) is 18.7 Å². The molecule has 140 valence electrons. The molecule has 1 N–H and O–H groups in total. The molecule has 2 aromatic rings. The van der Waals surface area contributed by atoms with Crippen LogP contribution in [-0.2, 0) is 9.59 Å². The van der Waals surface area contributed by atoms with Crippen molar-refractivity contribution in [3.63, 3.8) is 0 Å². The molecular formula is C21H23N3O3. The Balaban J connectivity index is 1.55. The normalized spacial score (nSPS) is 16.7. The van der Waals surface area contributed by atoms with Crippen LogP contribution in [0.5, 0.6) is 5.75 Å². The average Bonchev–Trinajstić information content (AvgIpc) is 3.06. The van der Waals surface area contributed by atoms with E-state index in [-0.39, 0.29) is 18.2 Å². The number of anilines is 1. The van der Waals surface area contributed by atoms with Crippen LogP contribution < -0.4 is 15.1 Å². The Morgan fingerprint density at radius 1 is 1.22 bits per heavy atom. The van der Waals surface area contributed by atoms with Crippen molar-refractivity contribution in [3.05, 3.63) is 59.7 Å². The second-order valence-electron chi connectivity index (χ2n) is 6.48. The highest BCUT2D eigenvalue weighted by Crippen LogP contribution is 2.25. The van der Waals surface area contributed by atoms with Gasteiger partial charge in [0.25, 0.3) is 0 Å².